The van der Waals surface area contributed by atoms with Gasteiger partial charge in [-0.15, -0.1) is 0 Å². The van der Waals surface area contributed by atoms with E-state index in [4.69, 9.17) is 0 Å². The van der Waals surface area contributed by atoms with Gasteiger partial charge in [-0.1, -0.05) is 54.1 Å². The molecule has 0 bridgehead atoms. The Morgan fingerprint density at radius 1 is 0.462 bits per heavy atom. The van der Waals surface area contributed by atoms with Crippen molar-refractivity contribution in [1.82, 2.24) is 0 Å². The number of hydrogen-bond donors (Lipinski definition) is 0. The van der Waals surface area contributed by atoms with Crippen molar-refractivity contribution in [2.75, 3.05) is 0 Å². The normalized spacial score (nSPS) is 11.0. The lowest BCUT2D eigenvalue weighted by Gasteiger charge is -2.16. The summed E-state index contributed by atoms with van der Waals surface area (Å²) >= 11 is 0. The minimum atomic E-state index is 1.01. The van der Waals surface area contributed by atoms with Crippen LogP contribution in [0.5, 0.6) is 0 Å². The fraction of sp³-hybridized carbons (Fsp3) is 0.308. The van der Waals surface area contributed by atoms with E-state index in [9.17, 15) is 0 Å². The van der Waals surface area contributed by atoms with Gasteiger partial charge in [-0.2, -0.15) is 0 Å². The summed E-state index contributed by atoms with van der Waals surface area (Å²) in [5.74, 6) is 0. The van der Waals surface area contributed by atoms with Crippen molar-refractivity contribution in [3.05, 3.63) is 104 Å². The zero-order chi connectivity index (χ0) is 18.8. The molecule has 3 rings (SSSR count). The molecule has 0 fully saturated rings. The average Bonchev–Trinajstić information content (AvgIpc) is 2.63. The van der Waals surface area contributed by atoms with Crippen LogP contribution in [-0.2, 0) is 12.8 Å². The quantitative estimate of drug-likeness (QED) is 0.494. The maximum atomic E-state index is 2.33. The summed E-state index contributed by atoms with van der Waals surface area (Å²) in [4.78, 5) is 0. The van der Waals surface area contributed by atoms with Gasteiger partial charge in [0.05, 0.1) is 0 Å². The third-order valence-corrected chi connectivity index (χ3v) is 6.08. The van der Waals surface area contributed by atoms with Crippen LogP contribution in [0.2, 0.25) is 0 Å². The van der Waals surface area contributed by atoms with Crippen LogP contribution < -0.4 is 0 Å². The fourth-order valence-electron chi connectivity index (χ4n) is 3.65. The highest BCUT2D eigenvalue weighted by Crippen LogP contribution is 2.25. The van der Waals surface area contributed by atoms with Crippen LogP contribution in [0.25, 0.3) is 0 Å². The third kappa shape index (κ3) is 3.75. The van der Waals surface area contributed by atoms with Crippen LogP contribution in [0, 0.1) is 41.5 Å². The molecule has 0 aliphatic heterocycles. The molecule has 0 heteroatoms. The topological polar surface area (TPSA) is 0 Å². The molecule has 0 radical (unpaired) electrons. The molecule has 0 nitrogen and oxygen atoms in total. The van der Waals surface area contributed by atoms with Crippen LogP contribution in [-0.4, -0.2) is 0 Å². The first-order valence-electron chi connectivity index (χ1n) is 9.56. The Balaban J connectivity index is 1.88. The molecule has 0 aliphatic carbocycles. The van der Waals surface area contributed by atoms with Crippen molar-refractivity contribution in [1.29, 1.82) is 0 Å². The Bertz CT molecular complexity index is 927. The van der Waals surface area contributed by atoms with E-state index in [1.165, 1.54) is 55.6 Å². The van der Waals surface area contributed by atoms with Crippen molar-refractivity contribution in [3.8, 4) is 0 Å². The summed E-state index contributed by atoms with van der Waals surface area (Å²) in [6.45, 7) is 13.4. The molecule has 26 heavy (non-hydrogen) atoms. The van der Waals surface area contributed by atoms with Gasteiger partial charge >= 0.3 is 0 Å². The molecular weight excluding hydrogens is 312 g/mol. The summed E-state index contributed by atoms with van der Waals surface area (Å²) in [6.07, 6.45) is 2.03. The van der Waals surface area contributed by atoms with E-state index < -0.39 is 0 Å². The molecule has 0 saturated carbocycles. The van der Waals surface area contributed by atoms with E-state index in [2.05, 4.69) is 90.1 Å². The highest BCUT2D eigenvalue weighted by molar-refractivity contribution is 5.46. The second-order valence-corrected chi connectivity index (χ2v) is 7.76. The number of rotatable bonds is 4. The zero-order valence-electron chi connectivity index (χ0n) is 17.0. The second-order valence-electron chi connectivity index (χ2n) is 7.76. The third-order valence-electron chi connectivity index (χ3n) is 6.08. The van der Waals surface area contributed by atoms with Gasteiger partial charge < -0.3 is 0 Å². The molecule has 0 amide bonds. The first-order valence-corrected chi connectivity index (χ1v) is 9.56. The minimum absolute atomic E-state index is 1.01. The van der Waals surface area contributed by atoms with Crippen LogP contribution in [0.4, 0.5) is 0 Å². The van der Waals surface area contributed by atoms with Gasteiger partial charge in [-0.05, 0) is 104 Å². The summed E-state index contributed by atoms with van der Waals surface area (Å²) in [5, 5.41) is 0. The summed E-state index contributed by atoms with van der Waals surface area (Å²) in [6, 6.07) is 18.1. The number of hydrogen-bond acceptors (Lipinski definition) is 0. The predicted octanol–water partition coefficient (Wildman–Crippen LogP) is 6.72. The summed E-state index contributed by atoms with van der Waals surface area (Å²) in [5.41, 5.74) is 14.1. The fourth-order valence-corrected chi connectivity index (χ4v) is 3.65. The molecule has 0 spiro atoms. The summed E-state index contributed by atoms with van der Waals surface area (Å²) < 4.78 is 0. The van der Waals surface area contributed by atoms with Gasteiger partial charge in [0.15, 0.2) is 0 Å². The average molecular weight is 343 g/mol. The zero-order valence-corrected chi connectivity index (χ0v) is 17.0. The molecular formula is C26H30. The highest BCUT2D eigenvalue weighted by Gasteiger charge is 2.10. The number of benzene rings is 3. The lowest BCUT2D eigenvalue weighted by atomic mass is 9.89. The Hall–Kier alpha value is -2.34. The van der Waals surface area contributed by atoms with Crippen molar-refractivity contribution < 1.29 is 0 Å². The molecule has 0 unspecified atom stereocenters. The first-order chi connectivity index (χ1) is 12.4. The van der Waals surface area contributed by atoms with E-state index in [1.807, 2.05) is 0 Å². The van der Waals surface area contributed by atoms with E-state index in [0.29, 0.717) is 0 Å². The minimum Gasteiger partial charge on any atom is -0.0590 e. The van der Waals surface area contributed by atoms with Crippen molar-refractivity contribution in [2.45, 2.75) is 54.4 Å². The van der Waals surface area contributed by atoms with E-state index in [0.717, 1.165) is 12.8 Å². The Labute approximate surface area is 158 Å². The number of aryl methyl sites for hydroxylation is 2. The molecule has 0 heterocycles. The predicted molar refractivity (Wildman–Crippen MR) is 113 cm³/mol. The van der Waals surface area contributed by atoms with E-state index in [-0.39, 0.29) is 0 Å². The van der Waals surface area contributed by atoms with E-state index >= 15 is 0 Å². The lowest BCUT2D eigenvalue weighted by Crippen LogP contribution is -2.02. The van der Waals surface area contributed by atoms with Crippen molar-refractivity contribution >= 4 is 0 Å². The van der Waals surface area contributed by atoms with Crippen LogP contribution in [0.15, 0.2) is 48.5 Å². The molecule has 3 aromatic carbocycles. The smallest absolute Gasteiger partial charge is 0.00203 e. The van der Waals surface area contributed by atoms with Gasteiger partial charge in [0.2, 0.25) is 0 Å². The highest BCUT2D eigenvalue weighted by atomic mass is 14.2. The first kappa shape index (κ1) is 18.5. The Kier molecular flexibility index (Phi) is 5.32. The Morgan fingerprint density at radius 3 is 1.50 bits per heavy atom. The SMILES string of the molecule is Cc1ccc(Cc2ccc(Cc3ccc(C)c(C)c3C)c(C)c2C)cc1. The molecule has 0 aliphatic rings. The van der Waals surface area contributed by atoms with Gasteiger partial charge in [-0.3, -0.25) is 0 Å². The maximum Gasteiger partial charge on any atom is -0.00203 e. The largest absolute Gasteiger partial charge is 0.0590 e. The van der Waals surface area contributed by atoms with Crippen molar-refractivity contribution in [3.63, 3.8) is 0 Å². The van der Waals surface area contributed by atoms with Gasteiger partial charge in [0.25, 0.3) is 0 Å². The lowest BCUT2D eigenvalue weighted by molar-refractivity contribution is 1.06. The van der Waals surface area contributed by atoms with Crippen LogP contribution >= 0.6 is 0 Å². The van der Waals surface area contributed by atoms with E-state index in [1.54, 1.807) is 0 Å². The molecule has 0 N–H and O–H groups in total. The van der Waals surface area contributed by atoms with Gasteiger partial charge in [-0.25, -0.2) is 0 Å². The monoisotopic (exact) mass is 342 g/mol. The van der Waals surface area contributed by atoms with Crippen molar-refractivity contribution in [2.24, 2.45) is 0 Å². The van der Waals surface area contributed by atoms with Crippen LogP contribution in [0.1, 0.15) is 55.6 Å². The molecule has 3 aromatic rings. The Morgan fingerprint density at radius 2 is 0.923 bits per heavy atom. The second kappa shape index (κ2) is 7.50. The molecule has 0 aromatic heterocycles. The van der Waals surface area contributed by atoms with Gasteiger partial charge in [0.1, 0.15) is 0 Å². The summed E-state index contributed by atoms with van der Waals surface area (Å²) in [7, 11) is 0. The van der Waals surface area contributed by atoms with Crippen LogP contribution in [0.3, 0.4) is 0 Å². The van der Waals surface area contributed by atoms with Gasteiger partial charge in [0, 0.05) is 0 Å². The molecule has 0 saturated heterocycles. The molecule has 134 valence electrons. The standard InChI is InChI=1S/C26H30/c1-17-7-10-23(11-8-17)15-24-13-14-26(22(6)21(24)5)16-25-12-9-18(2)19(3)20(25)4/h7-14H,15-16H2,1-6H3. The molecule has 0 atom stereocenters. The maximum absolute atomic E-state index is 2.33.